The van der Waals surface area contributed by atoms with Crippen LogP contribution in [0.25, 0.3) is 5.69 Å². The second-order valence-electron chi connectivity index (χ2n) is 6.75. The van der Waals surface area contributed by atoms with Crippen molar-refractivity contribution in [2.45, 2.75) is 52.4 Å². The molecule has 1 aromatic carbocycles. The zero-order valence-electron chi connectivity index (χ0n) is 17.5. The number of carbonyl (C=O) groups is 1. The van der Waals surface area contributed by atoms with Gasteiger partial charge < -0.3 is 9.84 Å². The van der Waals surface area contributed by atoms with Crippen molar-refractivity contribution in [3.63, 3.8) is 0 Å². The number of nitrogens with zero attached hydrogens (tertiary/aromatic N) is 2. The number of hydrogen-bond acceptors (Lipinski definition) is 6. The van der Waals surface area contributed by atoms with Crippen molar-refractivity contribution in [1.29, 1.82) is 0 Å². The summed E-state index contributed by atoms with van der Waals surface area (Å²) in [6, 6.07) is 6.39. The lowest BCUT2D eigenvalue weighted by Crippen LogP contribution is -2.33. The molecular weight excluding hydrogens is 388 g/mol. The molecule has 0 fully saturated rings. The van der Waals surface area contributed by atoms with Crippen LogP contribution in [0, 0.1) is 0 Å². The molecule has 162 valence electrons. The van der Waals surface area contributed by atoms with Crippen molar-refractivity contribution in [2.24, 2.45) is 5.10 Å². The quantitative estimate of drug-likeness (QED) is 0.312. The van der Waals surface area contributed by atoms with Crippen LogP contribution in [-0.4, -0.2) is 33.4 Å². The zero-order chi connectivity index (χ0) is 22.1. The maximum atomic E-state index is 12.4. The van der Waals surface area contributed by atoms with Crippen molar-refractivity contribution >= 4 is 11.6 Å². The molecule has 0 saturated carbocycles. The molecule has 0 aliphatic heterocycles. The van der Waals surface area contributed by atoms with Crippen molar-refractivity contribution in [3.8, 4) is 17.3 Å². The minimum Gasteiger partial charge on any atom is -0.497 e. The Morgan fingerprint density at radius 3 is 2.47 bits per heavy atom. The smallest absolute Gasteiger partial charge is 0.335 e. The van der Waals surface area contributed by atoms with Crippen molar-refractivity contribution < 1.29 is 14.6 Å². The fourth-order valence-electron chi connectivity index (χ4n) is 2.97. The van der Waals surface area contributed by atoms with Gasteiger partial charge in [-0.15, -0.1) is 0 Å². The number of hydrogen-bond donors (Lipinski definition) is 3. The van der Waals surface area contributed by atoms with Gasteiger partial charge in [-0.1, -0.05) is 33.1 Å². The number of H-pyrrole nitrogens is 1. The van der Waals surface area contributed by atoms with Gasteiger partial charge in [0.15, 0.2) is 0 Å². The van der Waals surface area contributed by atoms with E-state index in [1.807, 2.05) is 0 Å². The van der Waals surface area contributed by atoms with Gasteiger partial charge in [-0.2, -0.15) is 5.10 Å². The van der Waals surface area contributed by atoms with Crippen molar-refractivity contribution in [1.82, 2.24) is 15.0 Å². The van der Waals surface area contributed by atoms with Gasteiger partial charge in [-0.3, -0.25) is 14.6 Å². The van der Waals surface area contributed by atoms with Crippen LogP contribution in [-0.2, 0) is 4.79 Å². The van der Waals surface area contributed by atoms with E-state index in [1.54, 1.807) is 31.2 Å². The van der Waals surface area contributed by atoms with E-state index in [2.05, 4.69) is 22.4 Å². The minimum absolute atomic E-state index is 0.165. The molecule has 1 aromatic heterocycles. The molecule has 9 heteroatoms. The molecule has 0 radical (unpaired) electrons. The van der Waals surface area contributed by atoms with Crippen LogP contribution in [0.3, 0.4) is 0 Å². The van der Waals surface area contributed by atoms with Crippen LogP contribution in [0.15, 0.2) is 39.0 Å². The fourth-order valence-corrected chi connectivity index (χ4v) is 2.97. The average molecular weight is 416 g/mol. The second kappa shape index (κ2) is 11.0. The van der Waals surface area contributed by atoms with Crippen LogP contribution in [0.5, 0.6) is 11.6 Å². The Morgan fingerprint density at radius 1 is 1.17 bits per heavy atom. The summed E-state index contributed by atoms with van der Waals surface area (Å²) in [7, 11) is 1.51. The van der Waals surface area contributed by atoms with E-state index in [4.69, 9.17) is 4.74 Å². The highest BCUT2D eigenvalue weighted by Gasteiger charge is 2.20. The third-order valence-electron chi connectivity index (χ3n) is 4.61. The second-order valence-corrected chi connectivity index (χ2v) is 6.75. The summed E-state index contributed by atoms with van der Waals surface area (Å²) in [5.41, 5.74) is 1.20. The largest absolute Gasteiger partial charge is 0.497 e. The van der Waals surface area contributed by atoms with Gasteiger partial charge in [-0.05, 0) is 37.1 Å². The third-order valence-corrected chi connectivity index (χ3v) is 4.61. The number of methoxy groups -OCH3 is 1. The molecule has 0 saturated heterocycles. The summed E-state index contributed by atoms with van der Waals surface area (Å²) in [4.78, 5) is 38.9. The van der Waals surface area contributed by atoms with E-state index in [1.165, 1.54) is 7.11 Å². The molecule has 2 aromatic rings. The standard InChI is InChI=1S/C21H28N4O5/c1-4-6-7-8-9-17(26)24-23-16(5-2)18-19(27)22-21(29)25(20(18)28)14-10-12-15(30-3)13-11-14/h10-13,28H,4-9H2,1-3H3,(H,24,26)(H,22,27,29)/b23-16-. The van der Waals surface area contributed by atoms with Crippen LogP contribution >= 0.6 is 0 Å². The van der Waals surface area contributed by atoms with E-state index in [9.17, 15) is 19.5 Å². The number of aromatic amines is 1. The number of nitrogens with one attached hydrogen (secondary N) is 2. The third kappa shape index (κ3) is 5.59. The highest BCUT2D eigenvalue weighted by molar-refractivity contribution is 6.02. The van der Waals surface area contributed by atoms with Crippen LogP contribution in [0.2, 0.25) is 0 Å². The fraction of sp³-hybridized carbons (Fsp3) is 0.429. The summed E-state index contributed by atoms with van der Waals surface area (Å²) in [6.45, 7) is 3.82. The predicted molar refractivity (Wildman–Crippen MR) is 115 cm³/mol. The normalized spacial score (nSPS) is 11.4. The van der Waals surface area contributed by atoms with E-state index >= 15 is 0 Å². The first-order valence-electron chi connectivity index (χ1n) is 10.0. The summed E-state index contributed by atoms with van der Waals surface area (Å²) >= 11 is 0. The molecule has 0 atom stereocenters. The van der Waals surface area contributed by atoms with Crippen LogP contribution in [0.4, 0.5) is 0 Å². The van der Waals surface area contributed by atoms with Crippen molar-refractivity contribution in [2.75, 3.05) is 7.11 Å². The Balaban J connectivity index is 2.35. The lowest BCUT2D eigenvalue weighted by atomic mass is 10.1. The van der Waals surface area contributed by atoms with E-state index in [0.717, 1.165) is 30.3 Å². The highest BCUT2D eigenvalue weighted by Crippen LogP contribution is 2.20. The molecular formula is C21H28N4O5. The number of rotatable bonds is 10. The Labute approximate surface area is 174 Å². The van der Waals surface area contributed by atoms with Crippen LogP contribution < -0.4 is 21.4 Å². The Bertz CT molecular complexity index is 1010. The summed E-state index contributed by atoms with van der Waals surface area (Å²) in [6.07, 6.45) is 4.44. The molecule has 30 heavy (non-hydrogen) atoms. The van der Waals surface area contributed by atoms with Gasteiger partial charge >= 0.3 is 5.69 Å². The number of ether oxygens (including phenoxy) is 1. The van der Waals surface area contributed by atoms with Gasteiger partial charge in [0.2, 0.25) is 11.8 Å². The van der Waals surface area contributed by atoms with Gasteiger partial charge in [0.1, 0.15) is 11.3 Å². The summed E-state index contributed by atoms with van der Waals surface area (Å²) < 4.78 is 6.06. The monoisotopic (exact) mass is 416 g/mol. The Hall–Kier alpha value is -3.36. The molecule has 0 bridgehead atoms. The number of aromatic hydroxyl groups is 1. The lowest BCUT2D eigenvalue weighted by Gasteiger charge is -2.13. The Kier molecular flexibility index (Phi) is 8.40. The maximum absolute atomic E-state index is 12.4. The molecule has 2 rings (SSSR count). The van der Waals surface area contributed by atoms with Gasteiger partial charge in [0, 0.05) is 6.42 Å². The molecule has 0 spiro atoms. The lowest BCUT2D eigenvalue weighted by molar-refractivity contribution is -0.121. The van der Waals surface area contributed by atoms with Crippen LogP contribution in [0.1, 0.15) is 57.9 Å². The minimum atomic E-state index is -0.790. The number of aromatic nitrogens is 2. The number of carbonyl (C=O) groups excluding carboxylic acids is 1. The van der Waals surface area contributed by atoms with E-state index < -0.39 is 17.1 Å². The number of benzene rings is 1. The van der Waals surface area contributed by atoms with Gasteiger partial charge in [0.25, 0.3) is 5.56 Å². The molecule has 3 N–H and O–H groups in total. The number of unbranched alkanes of at least 4 members (excludes halogenated alkanes) is 3. The highest BCUT2D eigenvalue weighted by atomic mass is 16.5. The Morgan fingerprint density at radius 2 is 1.87 bits per heavy atom. The molecule has 0 aliphatic rings. The average Bonchev–Trinajstić information content (AvgIpc) is 2.73. The van der Waals surface area contributed by atoms with E-state index in [-0.39, 0.29) is 23.6 Å². The molecule has 9 nitrogen and oxygen atoms in total. The molecule has 1 heterocycles. The topological polar surface area (TPSA) is 126 Å². The van der Waals surface area contributed by atoms with Gasteiger partial charge in [-0.25, -0.2) is 14.8 Å². The molecule has 0 aliphatic carbocycles. The summed E-state index contributed by atoms with van der Waals surface area (Å²) in [5, 5.41) is 14.7. The number of hydrazone groups is 1. The zero-order valence-corrected chi connectivity index (χ0v) is 17.5. The molecule has 1 amide bonds. The number of amides is 1. The van der Waals surface area contributed by atoms with E-state index in [0.29, 0.717) is 17.9 Å². The SMILES string of the molecule is CCCCCCC(=O)N/N=C(/CC)c1c(O)n(-c2ccc(OC)cc2)c(=O)[nH]c1=O. The first-order chi connectivity index (χ1) is 14.4. The first-order valence-corrected chi connectivity index (χ1v) is 10.0. The predicted octanol–water partition coefficient (Wildman–Crippen LogP) is 2.44. The van der Waals surface area contributed by atoms with Crippen molar-refractivity contribution in [3.05, 3.63) is 50.7 Å². The first kappa shape index (κ1) is 22.9. The maximum Gasteiger partial charge on any atom is 0.335 e. The summed E-state index contributed by atoms with van der Waals surface area (Å²) in [5.74, 6) is -0.239. The van der Waals surface area contributed by atoms with Gasteiger partial charge in [0.05, 0.1) is 18.5 Å². The molecule has 0 unspecified atom stereocenters.